The van der Waals surface area contributed by atoms with E-state index in [1.807, 2.05) is 20.0 Å². The van der Waals surface area contributed by atoms with Crippen molar-refractivity contribution < 1.29 is 0 Å². The lowest BCUT2D eigenvalue weighted by Gasteiger charge is -2.12. The Morgan fingerprint density at radius 3 is 2.81 bits per heavy atom. The average molecular weight is 220 g/mol. The standard InChI is InChI=1S/C12H20N4/c1-8(10-4-5-10)7-14-11-6-9(2)15-12(13-3)16-11/h6,8,10H,4-5,7H2,1-3H3,(H2,13,14,15,16). The zero-order valence-corrected chi connectivity index (χ0v) is 10.2. The molecule has 0 aromatic carbocycles. The third-order valence-electron chi connectivity index (χ3n) is 3.11. The van der Waals surface area contributed by atoms with Crippen LogP contribution >= 0.6 is 0 Å². The maximum Gasteiger partial charge on any atom is 0.224 e. The second kappa shape index (κ2) is 4.68. The number of aromatic nitrogens is 2. The van der Waals surface area contributed by atoms with Gasteiger partial charge in [-0.2, -0.15) is 4.98 Å². The topological polar surface area (TPSA) is 49.8 Å². The largest absolute Gasteiger partial charge is 0.370 e. The van der Waals surface area contributed by atoms with Gasteiger partial charge in [0, 0.05) is 25.4 Å². The molecule has 1 heterocycles. The molecule has 88 valence electrons. The van der Waals surface area contributed by atoms with E-state index in [2.05, 4.69) is 27.5 Å². The first-order valence-electron chi connectivity index (χ1n) is 5.96. The molecule has 2 N–H and O–H groups in total. The van der Waals surface area contributed by atoms with Crippen LogP contribution in [0, 0.1) is 18.8 Å². The van der Waals surface area contributed by atoms with Gasteiger partial charge in [0.1, 0.15) is 5.82 Å². The predicted octanol–water partition coefficient (Wildman–Crippen LogP) is 2.28. The maximum atomic E-state index is 4.37. The van der Waals surface area contributed by atoms with E-state index < -0.39 is 0 Å². The number of aryl methyl sites for hydroxylation is 1. The van der Waals surface area contributed by atoms with E-state index in [4.69, 9.17) is 0 Å². The predicted molar refractivity (Wildman–Crippen MR) is 66.7 cm³/mol. The van der Waals surface area contributed by atoms with Crippen LogP contribution in [0.15, 0.2) is 6.07 Å². The van der Waals surface area contributed by atoms with Crippen LogP contribution in [0.3, 0.4) is 0 Å². The lowest BCUT2D eigenvalue weighted by molar-refractivity contribution is 0.536. The van der Waals surface area contributed by atoms with Crippen molar-refractivity contribution in [3.8, 4) is 0 Å². The zero-order valence-electron chi connectivity index (χ0n) is 10.2. The Morgan fingerprint density at radius 1 is 1.44 bits per heavy atom. The van der Waals surface area contributed by atoms with E-state index in [0.717, 1.165) is 29.9 Å². The first-order chi connectivity index (χ1) is 7.69. The number of nitrogens with zero attached hydrogens (tertiary/aromatic N) is 2. The van der Waals surface area contributed by atoms with E-state index in [1.54, 1.807) is 0 Å². The molecule has 1 aliphatic carbocycles. The molecule has 4 nitrogen and oxygen atoms in total. The third-order valence-corrected chi connectivity index (χ3v) is 3.11. The molecule has 2 rings (SSSR count). The number of rotatable bonds is 5. The molecule has 1 aromatic heterocycles. The summed E-state index contributed by atoms with van der Waals surface area (Å²) in [5, 5.41) is 6.36. The second-order valence-electron chi connectivity index (χ2n) is 4.66. The van der Waals surface area contributed by atoms with Crippen molar-refractivity contribution in [2.45, 2.75) is 26.7 Å². The summed E-state index contributed by atoms with van der Waals surface area (Å²) in [5.74, 6) is 3.28. The monoisotopic (exact) mass is 220 g/mol. The minimum atomic E-state index is 0.682. The van der Waals surface area contributed by atoms with Gasteiger partial charge in [0.05, 0.1) is 0 Å². The third kappa shape index (κ3) is 2.84. The lowest BCUT2D eigenvalue weighted by Crippen LogP contribution is -2.14. The molecule has 1 atom stereocenters. The van der Waals surface area contributed by atoms with Crippen molar-refractivity contribution in [2.24, 2.45) is 11.8 Å². The van der Waals surface area contributed by atoms with Gasteiger partial charge in [0.15, 0.2) is 0 Å². The lowest BCUT2D eigenvalue weighted by atomic mass is 10.1. The smallest absolute Gasteiger partial charge is 0.224 e. The highest BCUT2D eigenvalue weighted by Gasteiger charge is 2.27. The Bertz CT molecular complexity index is 360. The van der Waals surface area contributed by atoms with Crippen LogP contribution in [0.2, 0.25) is 0 Å². The van der Waals surface area contributed by atoms with Crippen molar-refractivity contribution in [3.63, 3.8) is 0 Å². The van der Waals surface area contributed by atoms with Crippen LogP contribution in [0.25, 0.3) is 0 Å². The van der Waals surface area contributed by atoms with Gasteiger partial charge in [0.25, 0.3) is 0 Å². The summed E-state index contributed by atoms with van der Waals surface area (Å²) in [6.07, 6.45) is 2.79. The van der Waals surface area contributed by atoms with Gasteiger partial charge in [-0.05, 0) is 31.6 Å². The van der Waals surface area contributed by atoms with Gasteiger partial charge >= 0.3 is 0 Å². The number of hydrogen-bond acceptors (Lipinski definition) is 4. The number of anilines is 2. The molecule has 0 aliphatic heterocycles. The SMILES string of the molecule is CNc1nc(C)cc(NCC(C)C2CC2)n1. The molecule has 1 aliphatic rings. The fourth-order valence-electron chi connectivity index (χ4n) is 1.87. The Morgan fingerprint density at radius 2 is 2.19 bits per heavy atom. The molecule has 1 fully saturated rings. The highest BCUT2D eigenvalue weighted by Crippen LogP contribution is 2.36. The van der Waals surface area contributed by atoms with Crippen LogP contribution in [0.1, 0.15) is 25.5 Å². The minimum Gasteiger partial charge on any atom is -0.370 e. The number of hydrogen-bond donors (Lipinski definition) is 2. The van der Waals surface area contributed by atoms with Crippen molar-refractivity contribution in [3.05, 3.63) is 11.8 Å². The Labute approximate surface area is 96.9 Å². The van der Waals surface area contributed by atoms with Crippen LogP contribution in [-0.4, -0.2) is 23.6 Å². The molecule has 0 amide bonds. The van der Waals surface area contributed by atoms with Gasteiger partial charge in [-0.25, -0.2) is 4.98 Å². The van der Waals surface area contributed by atoms with Gasteiger partial charge in [-0.15, -0.1) is 0 Å². The first kappa shape index (κ1) is 11.2. The fourth-order valence-corrected chi connectivity index (χ4v) is 1.87. The van der Waals surface area contributed by atoms with E-state index in [0.29, 0.717) is 5.95 Å². The normalized spacial score (nSPS) is 16.9. The van der Waals surface area contributed by atoms with Gasteiger partial charge in [-0.3, -0.25) is 0 Å². The molecule has 1 saturated carbocycles. The summed E-state index contributed by atoms with van der Waals surface area (Å²) in [6, 6.07) is 1.99. The fraction of sp³-hybridized carbons (Fsp3) is 0.667. The molecule has 1 unspecified atom stereocenters. The average Bonchev–Trinajstić information content (AvgIpc) is 3.08. The van der Waals surface area contributed by atoms with E-state index in [-0.39, 0.29) is 0 Å². The van der Waals surface area contributed by atoms with Crippen LogP contribution in [0.4, 0.5) is 11.8 Å². The van der Waals surface area contributed by atoms with E-state index in [1.165, 1.54) is 12.8 Å². The molecular weight excluding hydrogens is 200 g/mol. The van der Waals surface area contributed by atoms with Crippen molar-refractivity contribution in [2.75, 3.05) is 24.2 Å². The minimum absolute atomic E-state index is 0.682. The first-order valence-corrected chi connectivity index (χ1v) is 5.96. The van der Waals surface area contributed by atoms with Gasteiger partial charge < -0.3 is 10.6 Å². The summed E-state index contributed by atoms with van der Waals surface area (Å²) in [5.41, 5.74) is 0.987. The molecule has 0 spiro atoms. The van der Waals surface area contributed by atoms with Gasteiger partial charge in [-0.1, -0.05) is 6.92 Å². The second-order valence-corrected chi connectivity index (χ2v) is 4.66. The molecular formula is C12H20N4. The van der Waals surface area contributed by atoms with Crippen LogP contribution < -0.4 is 10.6 Å². The number of nitrogens with one attached hydrogen (secondary N) is 2. The van der Waals surface area contributed by atoms with E-state index in [9.17, 15) is 0 Å². The van der Waals surface area contributed by atoms with Gasteiger partial charge in [0.2, 0.25) is 5.95 Å². The van der Waals surface area contributed by atoms with Crippen molar-refractivity contribution in [1.29, 1.82) is 0 Å². The summed E-state index contributed by atoms with van der Waals surface area (Å²) in [7, 11) is 1.84. The Balaban J connectivity index is 1.94. The van der Waals surface area contributed by atoms with Crippen molar-refractivity contribution >= 4 is 11.8 Å². The van der Waals surface area contributed by atoms with E-state index >= 15 is 0 Å². The van der Waals surface area contributed by atoms with Crippen LogP contribution in [-0.2, 0) is 0 Å². The highest BCUT2D eigenvalue weighted by molar-refractivity contribution is 5.41. The Hall–Kier alpha value is -1.32. The molecule has 0 radical (unpaired) electrons. The molecule has 4 heteroatoms. The summed E-state index contributed by atoms with van der Waals surface area (Å²) in [4.78, 5) is 8.64. The molecule has 0 saturated heterocycles. The van der Waals surface area contributed by atoms with Crippen LogP contribution in [0.5, 0.6) is 0 Å². The maximum absolute atomic E-state index is 4.37. The Kier molecular flexibility index (Phi) is 3.27. The summed E-state index contributed by atoms with van der Waals surface area (Å²) >= 11 is 0. The summed E-state index contributed by atoms with van der Waals surface area (Å²) < 4.78 is 0. The van der Waals surface area contributed by atoms with Crippen molar-refractivity contribution in [1.82, 2.24) is 9.97 Å². The summed E-state index contributed by atoms with van der Waals surface area (Å²) in [6.45, 7) is 5.29. The zero-order chi connectivity index (χ0) is 11.5. The molecule has 16 heavy (non-hydrogen) atoms. The highest BCUT2D eigenvalue weighted by atomic mass is 15.1. The quantitative estimate of drug-likeness (QED) is 0.799. The molecule has 1 aromatic rings. The molecule has 0 bridgehead atoms.